The van der Waals surface area contributed by atoms with Crippen molar-refractivity contribution in [3.05, 3.63) is 35.4 Å². The van der Waals surface area contributed by atoms with Gasteiger partial charge in [-0.25, -0.2) is 8.78 Å². The number of carboxylic acid groups (broad SMARTS) is 1. The third-order valence-corrected chi connectivity index (χ3v) is 3.19. The van der Waals surface area contributed by atoms with Crippen molar-refractivity contribution < 1.29 is 23.4 Å². The molecule has 0 amide bonds. The third kappa shape index (κ3) is 3.27. The number of hydrogen-bond acceptors (Lipinski definition) is 3. The van der Waals surface area contributed by atoms with E-state index in [9.17, 15) is 13.6 Å². The van der Waals surface area contributed by atoms with Gasteiger partial charge in [0, 0.05) is 18.7 Å². The maximum Gasteiger partial charge on any atom is 0.305 e. The molecule has 0 aromatic heterocycles. The zero-order valence-electron chi connectivity index (χ0n) is 10.3. The molecule has 0 aliphatic carbocycles. The highest BCUT2D eigenvalue weighted by atomic mass is 19.1. The molecule has 1 atom stereocenters. The number of halogens is 2. The van der Waals surface area contributed by atoms with Gasteiger partial charge in [0.25, 0.3) is 0 Å². The SMILES string of the molecule is O=C(O)CC(c1c(F)cccc1F)N1CCOCC1. The Morgan fingerprint density at radius 2 is 1.89 bits per heavy atom. The van der Waals surface area contributed by atoms with Crippen LogP contribution in [0.3, 0.4) is 0 Å². The molecule has 0 saturated carbocycles. The highest BCUT2D eigenvalue weighted by Gasteiger charge is 2.29. The zero-order chi connectivity index (χ0) is 13.8. The molecule has 1 unspecified atom stereocenters. The van der Waals surface area contributed by atoms with Crippen LogP contribution in [0.25, 0.3) is 0 Å². The first-order valence-corrected chi connectivity index (χ1v) is 6.07. The van der Waals surface area contributed by atoms with Crippen LogP contribution in [0.1, 0.15) is 18.0 Å². The first-order valence-electron chi connectivity index (χ1n) is 6.07. The summed E-state index contributed by atoms with van der Waals surface area (Å²) in [5.41, 5.74) is -0.174. The molecule has 6 heteroatoms. The normalized spacial score (nSPS) is 18.2. The van der Waals surface area contributed by atoms with Crippen molar-refractivity contribution in [1.82, 2.24) is 4.90 Å². The van der Waals surface area contributed by atoms with E-state index in [4.69, 9.17) is 9.84 Å². The van der Waals surface area contributed by atoms with Crippen LogP contribution in [0.2, 0.25) is 0 Å². The number of carboxylic acids is 1. The second-order valence-corrected chi connectivity index (χ2v) is 4.40. The molecule has 1 saturated heterocycles. The van der Waals surface area contributed by atoms with E-state index in [-0.39, 0.29) is 12.0 Å². The lowest BCUT2D eigenvalue weighted by molar-refractivity contribution is -0.139. The molecule has 1 fully saturated rings. The maximum absolute atomic E-state index is 13.8. The quantitative estimate of drug-likeness (QED) is 0.907. The van der Waals surface area contributed by atoms with E-state index < -0.39 is 23.6 Å². The van der Waals surface area contributed by atoms with Crippen LogP contribution in [0.4, 0.5) is 8.78 Å². The molecular weight excluding hydrogens is 256 g/mol. The van der Waals surface area contributed by atoms with Gasteiger partial charge in [-0.05, 0) is 12.1 Å². The lowest BCUT2D eigenvalue weighted by Gasteiger charge is -2.34. The Hall–Kier alpha value is -1.53. The molecule has 2 rings (SSSR count). The monoisotopic (exact) mass is 271 g/mol. The fourth-order valence-electron chi connectivity index (χ4n) is 2.30. The number of carbonyl (C=O) groups is 1. The first-order chi connectivity index (χ1) is 9.09. The van der Waals surface area contributed by atoms with Gasteiger partial charge in [-0.15, -0.1) is 0 Å². The van der Waals surface area contributed by atoms with Crippen molar-refractivity contribution >= 4 is 5.97 Å². The van der Waals surface area contributed by atoms with Gasteiger partial charge in [-0.1, -0.05) is 6.07 Å². The largest absolute Gasteiger partial charge is 0.481 e. The minimum absolute atomic E-state index is 0.174. The minimum atomic E-state index is -1.08. The van der Waals surface area contributed by atoms with Crippen molar-refractivity contribution in [3.63, 3.8) is 0 Å². The summed E-state index contributed by atoms with van der Waals surface area (Å²) in [4.78, 5) is 12.7. The molecule has 104 valence electrons. The molecule has 0 radical (unpaired) electrons. The summed E-state index contributed by atoms with van der Waals surface area (Å²) < 4.78 is 32.8. The summed E-state index contributed by atoms with van der Waals surface area (Å²) in [6, 6.07) is 2.76. The molecule has 1 heterocycles. The van der Waals surface area contributed by atoms with E-state index in [0.29, 0.717) is 26.3 Å². The van der Waals surface area contributed by atoms with E-state index in [0.717, 1.165) is 12.1 Å². The van der Waals surface area contributed by atoms with Gasteiger partial charge in [0.1, 0.15) is 11.6 Å². The van der Waals surface area contributed by atoms with Crippen molar-refractivity contribution in [3.8, 4) is 0 Å². The lowest BCUT2D eigenvalue weighted by Crippen LogP contribution is -2.40. The van der Waals surface area contributed by atoms with E-state index >= 15 is 0 Å². The van der Waals surface area contributed by atoms with E-state index in [1.807, 2.05) is 0 Å². The van der Waals surface area contributed by atoms with Gasteiger partial charge < -0.3 is 9.84 Å². The Morgan fingerprint density at radius 3 is 2.42 bits per heavy atom. The van der Waals surface area contributed by atoms with Crippen LogP contribution in [-0.2, 0) is 9.53 Å². The van der Waals surface area contributed by atoms with Crippen LogP contribution in [-0.4, -0.2) is 42.3 Å². The Bertz CT molecular complexity index is 441. The number of hydrogen-bond donors (Lipinski definition) is 1. The topological polar surface area (TPSA) is 49.8 Å². The number of ether oxygens (including phenoxy) is 1. The van der Waals surface area contributed by atoms with Crippen LogP contribution in [0.15, 0.2) is 18.2 Å². The Labute approximate surface area is 109 Å². The minimum Gasteiger partial charge on any atom is -0.481 e. The number of benzene rings is 1. The van der Waals surface area contributed by atoms with Crippen LogP contribution in [0, 0.1) is 11.6 Å². The van der Waals surface area contributed by atoms with E-state index in [2.05, 4.69) is 0 Å². The summed E-state index contributed by atoms with van der Waals surface area (Å²) in [7, 11) is 0. The second-order valence-electron chi connectivity index (χ2n) is 4.40. The fraction of sp³-hybridized carbons (Fsp3) is 0.462. The summed E-state index contributed by atoms with van der Waals surface area (Å²) >= 11 is 0. The molecule has 1 aromatic carbocycles. The summed E-state index contributed by atoms with van der Waals surface area (Å²) in [5.74, 6) is -2.50. The van der Waals surface area contributed by atoms with Crippen molar-refractivity contribution in [2.45, 2.75) is 12.5 Å². The van der Waals surface area contributed by atoms with Gasteiger partial charge in [0.15, 0.2) is 0 Å². The van der Waals surface area contributed by atoms with Gasteiger partial charge in [0.05, 0.1) is 25.7 Å². The molecular formula is C13H15F2NO3. The molecule has 0 bridgehead atoms. The summed E-state index contributed by atoms with van der Waals surface area (Å²) in [6.45, 7) is 1.80. The van der Waals surface area contributed by atoms with Crippen LogP contribution < -0.4 is 0 Å². The Balaban J connectivity index is 2.33. The lowest BCUT2D eigenvalue weighted by atomic mass is 10.00. The molecule has 1 aromatic rings. The van der Waals surface area contributed by atoms with Crippen molar-refractivity contribution in [1.29, 1.82) is 0 Å². The molecule has 1 aliphatic heterocycles. The van der Waals surface area contributed by atoms with Crippen LogP contribution >= 0.6 is 0 Å². The molecule has 19 heavy (non-hydrogen) atoms. The predicted octanol–water partition coefficient (Wildman–Crippen LogP) is 1.81. The fourth-order valence-corrected chi connectivity index (χ4v) is 2.30. The van der Waals surface area contributed by atoms with Crippen molar-refractivity contribution in [2.75, 3.05) is 26.3 Å². The number of morpholine rings is 1. The van der Waals surface area contributed by atoms with Gasteiger partial charge in [0.2, 0.25) is 0 Å². The number of aliphatic carboxylic acids is 1. The average Bonchev–Trinajstić information content (AvgIpc) is 2.38. The molecule has 1 aliphatic rings. The highest BCUT2D eigenvalue weighted by Crippen LogP contribution is 2.29. The predicted molar refractivity (Wildman–Crippen MR) is 63.7 cm³/mol. The highest BCUT2D eigenvalue weighted by molar-refractivity contribution is 5.68. The number of rotatable bonds is 4. The summed E-state index contributed by atoms with van der Waals surface area (Å²) in [6.07, 6.45) is -0.335. The second kappa shape index (κ2) is 6.08. The summed E-state index contributed by atoms with van der Waals surface area (Å²) in [5, 5.41) is 8.95. The smallest absolute Gasteiger partial charge is 0.305 e. The Morgan fingerprint density at radius 1 is 1.32 bits per heavy atom. The van der Waals surface area contributed by atoms with Gasteiger partial charge in [-0.3, -0.25) is 9.69 Å². The Kier molecular flexibility index (Phi) is 4.44. The van der Waals surface area contributed by atoms with E-state index in [1.165, 1.54) is 6.07 Å². The average molecular weight is 271 g/mol. The van der Waals surface area contributed by atoms with Crippen molar-refractivity contribution in [2.24, 2.45) is 0 Å². The third-order valence-electron chi connectivity index (χ3n) is 3.19. The van der Waals surface area contributed by atoms with E-state index in [1.54, 1.807) is 4.90 Å². The van der Waals surface area contributed by atoms with Gasteiger partial charge in [-0.2, -0.15) is 0 Å². The van der Waals surface area contributed by atoms with Gasteiger partial charge >= 0.3 is 5.97 Å². The zero-order valence-corrected chi connectivity index (χ0v) is 10.3. The first kappa shape index (κ1) is 13.9. The molecule has 1 N–H and O–H groups in total. The molecule has 0 spiro atoms. The van der Waals surface area contributed by atoms with Crippen LogP contribution in [0.5, 0.6) is 0 Å². The maximum atomic E-state index is 13.8. The standard InChI is InChI=1S/C13H15F2NO3/c14-9-2-1-3-10(15)13(9)11(8-12(17)18)16-4-6-19-7-5-16/h1-3,11H,4-8H2,(H,17,18). The molecule has 4 nitrogen and oxygen atoms in total. The number of nitrogens with zero attached hydrogens (tertiary/aromatic N) is 1.